The molecule has 2 heteroatoms. The van der Waals surface area contributed by atoms with E-state index in [2.05, 4.69) is 5.32 Å². The van der Waals surface area contributed by atoms with Gasteiger partial charge in [-0.15, -0.1) is 0 Å². The highest BCUT2D eigenvalue weighted by molar-refractivity contribution is 4.97. The highest BCUT2D eigenvalue weighted by Gasteiger charge is 2.45. The molecule has 0 radical (unpaired) electrons. The summed E-state index contributed by atoms with van der Waals surface area (Å²) in [6.45, 7) is 10.8. The van der Waals surface area contributed by atoms with Crippen molar-refractivity contribution in [2.24, 2.45) is 11.3 Å². The predicted octanol–water partition coefficient (Wildman–Crippen LogP) is 3.59. The van der Waals surface area contributed by atoms with Gasteiger partial charge in [0.2, 0.25) is 0 Å². The fourth-order valence-electron chi connectivity index (χ4n) is 3.13. The lowest BCUT2D eigenvalue weighted by atomic mass is 9.54. The molecule has 1 saturated heterocycles. The number of nitrogens with one attached hydrogen (secondary N) is 1. The van der Waals surface area contributed by atoms with Crippen molar-refractivity contribution >= 4 is 0 Å². The average Bonchev–Trinajstić information content (AvgIpc) is 2.43. The Labute approximate surface area is 108 Å². The Bertz CT molecular complexity index is 164. The normalized spacial score (nSPS) is 24.9. The minimum Gasteiger partial charge on any atom is -0.396 e. The third-order valence-electron chi connectivity index (χ3n) is 4.17. The molecule has 0 aromatic rings. The molecule has 2 rings (SSSR count). The molecule has 2 fully saturated rings. The van der Waals surface area contributed by atoms with Crippen LogP contribution in [-0.4, -0.2) is 24.8 Å². The standard InChI is InChI=1S/C11H21NO.2C2H6/c13-9-1-2-10-3-4-11(10)5-7-12-8-6-11;2*1-2/h10,12-13H,1-9H2;2*1-2H3. The van der Waals surface area contributed by atoms with E-state index in [9.17, 15) is 0 Å². The molecule has 0 amide bonds. The van der Waals surface area contributed by atoms with Crippen LogP contribution in [0, 0.1) is 11.3 Å². The lowest BCUT2D eigenvalue weighted by Crippen LogP contribution is -2.47. The van der Waals surface area contributed by atoms with Crippen LogP contribution < -0.4 is 5.32 Å². The summed E-state index contributed by atoms with van der Waals surface area (Å²) in [5.41, 5.74) is 0.695. The molecule has 1 atom stereocenters. The van der Waals surface area contributed by atoms with Crippen molar-refractivity contribution in [2.75, 3.05) is 19.7 Å². The summed E-state index contributed by atoms with van der Waals surface area (Å²) >= 11 is 0. The Kier molecular flexibility index (Phi) is 9.85. The van der Waals surface area contributed by atoms with Gasteiger partial charge in [-0.25, -0.2) is 0 Å². The summed E-state index contributed by atoms with van der Waals surface area (Å²) in [6, 6.07) is 0. The minimum absolute atomic E-state index is 0.380. The summed E-state index contributed by atoms with van der Waals surface area (Å²) in [5, 5.41) is 12.2. The third-order valence-corrected chi connectivity index (χ3v) is 4.17. The molecule has 1 spiro atoms. The van der Waals surface area contributed by atoms with E-state index in [1.807, 2.05) is 27.7 Å². The molecule has 0 bridgehead atoms. The maximum absolute atomic E-state index is 8.81. The largest absolute Gasteiger partial charge is 0.396 e. The quantitative estimate of drug-likeness (QED) is 0.794. The van der Waals surface area contributed by atoms with E-state index in [0.29, 0.717) is 12.0 Å². The van der Waals surface area contributed by atoms with E-state index >= 15 is 0 Å². The van der Waals surface area contributed by atoms with Gasteiger partial charge in [0.05, 0.1) is 0 Å². The fraction of sp³-hybridized carbons (Fsp3) is 1.00. The summed E-state index contributed by atoms with van der Waals surface area (Å²) < 4.78 is 0. The van der Waals surface area contributed by atoms with E-state index in [4.69, 9.17) is 5.11 Å². The molecular weight excluding hydrogens is 210 g/mol. The van der Waals surface area contributed by atoms with Crippen LogP contribution in [-0.2, 0) is 0 Å². The first kappa shape index (κ1) is 16.9. The molecular formula is C15H33NO. The van der Waals surface area contributed by atoms with Gasteiger partial charge in [0.25, 0.3) is 0 Å². The highest BCUT2D eigenvalue weighted by atomic mass is 16.2. The van der Waals surface area contributed by atoms with Gasteiger partial charge in [0, 0.05) is 6.61 Å². The van der Waals surface area contributed by atoms with Gasteiger partial charge in [-0.2, -0.15) is 0 Å². The molecule has 2 aliphatic rings. The summed E-state index contributed by atoms with van der Waals surface area (Å²) in [5.74, 6) is 0.932. The van der Waals surface area contributed by atoms with Crippen LogP contribution in [0.5, 0.6) is 0 Å². The zero-order valence-corrected chi connectivity index (χ0v) is 12.4. The number of rotatable bonds is 3. The van der Waals surface area contributed by atoms with E-state index in [1.165, 1.54) is 45.2 Å². The molecule has 17 heavy (non-hydrogen) atoms. The molecule has 0 aromatic carbocycles. The summed E-state index contributed by atoms with van der Waals surface area (Å²) in [7, 11) is 0. The van der Waals surface area contributed by atoms with Gasteiger partial charge >= 0.3 is 0 Å². The second kappa shape index (κ2) is 9.90. The van der Waals surface area contributed by atoms with Crippen molar-refractivity contribution < 1.29 is 5.11 Å². The topological polar surface area (TPSA) is 32.3 Å². The molecule has 1 unspecified atom stereocenters. The van der Waals surface area contributed by atoms with Crippen LogP contribution in [0.25, 0.3) is 0 Å². The van der Waals surface area contributed by atoms with Crippen molar-refractivity contribution in [2.45, 2.75) is 66.2 Å². The second-order valence-electron chi connectivity index (χ2n) is 4.71. The first-order valence-corrected chi connectivity index (χ1v) is 7.69. The maximum atomic E-state index is 8.81. The van der Waals surface area contributed by atoms with Crippen molar-refractivity contribution in [1.82, 2.24) is 5.32 Å². The Morgan fingerprint density at radius 2 is 1.65 bits per heavy atom. The minimum atomic E-state index is 0.380. The number of aliphatic hydroxyl groups excluding tert-OH is 1. The van der Waals surface area contributed by atoms with E-state index in [-0.39, 0.29) is 0 Å². The second-order valence-corrected chi connectivity index (χ2v) is 4.71. The first-order chi connectivity index (χ1) is 8.37. The van der Waals surface area contributed by atoms with E-state index in [1.54, 1.807) is 0 Å². The molecule has 1 aliphatic carbocycles. The van der Waals surface area contributed by atoms with Gasteiger partial charge < -0.3 is 10.4 Å². The van der Waals surface area contributed by atoms with Crippen molar-refractivity contribution in [3.05, 3.63) is 0 Å². The predicted molar refractivity (Wildman–Crippen MR) is 76.3 cm³/mol. The van der Waals surface area contributed by atoms with Gasteiger partial charge in [-0.3, -0.25) is 0 Å². The van der Waals surface area contributed by atoms with Crippen LogP contribution >= 0.6 is 0 Å². The van der Waals surface area contributed by atoms with Crippen LogP contribution in [0.4, 0.5) is 0 Å². The molecule has 1 heterocycles. The lowest BCUT2D eigenvalue weighted by Gasteiger charge is -2.52. The van der Waals surface area contributed by atoms with Crippen molar-refractivity contribution in [3.63, 3.8) is 0 Å². The first-order valence-electron chi connectivity index (χ1n) is 7.69. The molecule has 2 N–H and O–H groups in total. The number of hydrogen-bond donors (Lipinski definition) is 2. The van der Waals surface area contributed by atoms with Gasteiger partial charge in [-0.1, -0.05) is 27.7 Å². The van der Waals surface area contributed by atoms with Gasteiger partial charge in [0.1, 0.15) is 0 Å². The summed E-state index contributed by atoms with van der Waals surface area (Å²) in [6.07, 6.45) is 7.90. The van der Waals surface area contributed by atoms with Crippen LogP contribution in [0.2, 0.25) is 0 Å². The number of hydrogen-bond acceptors (Lipinski definition) is 2. The number of piperidine rings is 1. The van der Waals surface area contributed by atoms with Crippen LogP contribution in [0.15, 0.2) is 0 Å². The SMILES string of the molecule is CC.CC.OCCCC1CCC12CCNCC2. The Hall–Kier alpha value is -0.0800. The summed E-state index contributed by atoms with van der Waals surface area (Å²) in [4.78, 5) is 0. The zero-order valence-electron chi connectivity index (χ0n) is 12.4. The van der Waals surface area contributed by atoms with E-state index < -0.39 is 0 Å². The molecule has 2 nitrogen and oxygen atoms in total. The van der Waals surface area contributed by atoms with E-state index in [0.717, 1.165) is 12.3 Å². The molecule has 1 aliphatic heterocycles. The van der Waals surface area contributed by atoms with Gasteiger partial charge in [-0.05, 0) is 62.9 Å². The smallest absolute Gasteiger partial charge is 0.0431 e. The van der Waals surface area contributed by atoms with Crippen LogP contribution in [0.1, 0.15) is 66.2 Å². The van der Waals surface area contributed by atoms with Crippen molar-refractivity contribution in [1.29, 1.82) is 0 Å². The monoisotopic (exact) mass is 243 g/mol. The Morgan fingerprint density at radius 1 is 1.06 bits per heavy atom. The average molecular weight is 243 g/mol. The Morgan fingerprint density at radius 3 is 2.06 bits per heavy atom. The van der Waals surface area contributed by atoms with Crippen LogP contribution in [0.3, 0.4) is 0 Å². The number of aliphatic hydroxyl groups is 1. The van der Waals surface area contributed by atoms with Crippen molar-refractivity contribution in [3.8, 4) is 0 Å². The maximum Gasteiger partial charge on any atom is 0.0431 e. The third kappa shape index (κ3) is 4.59. The molecule has 0 aromatic heterocycles. The Balaban J connectivity index is 0.000000581. The zero-order chi connectivity index (χ0) is 13.1. The molecule has 104 valence electrons. The van der Waals surface area contributed by atoms with Gasteiger partial charge in [0.15, 0.2) is 0 Å². The molecule has 1 saturated carbocycles. The lowest BCUT2D eigenvalue weighted by molar-refractivity contribution is -0.0108. The fourth-order valence-corrected chi connectivity index (χ4v) is 3.13. The highest BCUT2D eigenvalue weighted by Crippen LogP contribution is 2.54.